The maximum Gasteiger partial charge on any atom is 0.307 e. The van der Waals surface area contributed by atoms with Crippen LogP contribution in [0, 0.1) is 11.8 Å². The molecule has 3 atom stereocenters. The second-order valence-electron chi connectivity index (χ2n) is 3.86. The van der Waals surface area contributed by atoms with Gasteiger partial charge in [0.25, 0.3) is 0 Å². The van der Waals surface area contributed by atoms with E-state index in [1.54, 1.807) is 11.8 Å². The second-order valence-corrected chi connectivity index (χ2v) is 4.77. The summed E-state index contributed by atoms with van der Waals surface area (Å²) in [6.45, 7) is 2.02. The fourth-order valence-electron chi connectivity index (χ4n) is 1.53. The highest BCUT2D eigenvalue weighted by Crippen LogP contribution is 2.38. The molecule has 5 heteroatoms. The van der Waals surface area contributed by atoms with Crippen molar-refractivity contribution in [2.75, 3.05) is 12.0 Å². The first-order valence-electron chi connectivity index (χ1n) is 5.12. The molecular weight excluding hydrogens is 214 g/mol. The van der Waals surface area contributed by atoms with Gasteiger partial charge in [-0.25, -0.2) is 0 Å². The SMILES string of the molecule is CCC(CSC)NC(=O)C1CC1C(=O)O. The molecule has 1 fully saturated rings. The minimum absolute atomic E-state index is 0.0942. The van der Waals surface area contributed by atoms with Crippen molar-refractivity contribution in [2.45, 2.75) is 25.8 Å². The van der Waals surface area contributed by atoms with Crippen LogP contribution < -0.4 is 5.32 Å². The van der Waals surface area contributed by atoms with Crippen LogP contribution in [0.5, 0.6) is 0 Å². The third kappa shape index (κ3) is 3.41. The predicted octanol–water partition coefficient (Wildman–Crippen LogP) is 0.965. The first kappa shape index (κ1) is 12.4. The van der Waals surface area contributed by atoms with E-state index in [2.05, 4.69) is 5.32 Å². The summed E-state index contributed by atoms with van der Waals surface area (Å²) in [6, 6.07) is 0.169. The zero-order valence-electron chi connectivity index (χ0n) is 9.03. The molecular formula is C10H17NO3S. The van der Waals surface area contributed by atoms with E-state index in [1.807, 2.05) is 13.2 Å². The zero-order valence-corrected chi connectivity index (χ0v) is 9.84. The van der Waals surface area contributed by atoms with Gasteiger partial charge >= 0.3 is 5.97 Å². The van der Waals surface area contributed by atoms with Gasteiger partial charge in [-0.15, -0.1) is 0 Å². The monoisotopic (exact) mass is 231 g/mol. The fraction of sp³-hybridized carbons (Fsp3) is 0.800. The summed E-state index contributed by atoms with van der Waals surface area (Å²) in [5.74, 6) is -0.807. The average molecular weight is 231 g/mol. The molecule has 0 aliphatic heterocycles. The van der Waals surface area contributed by atoms with E-state index >= 15 is 0 Å². The van der Waals surface area contributed by atoms with Crippen LogP contribution in [0.1, 0.15) is 19.8 Å². The number of amides is 1. The zero-order chi connectivity index (χ0) is 11.4. The van der Waals surface area contributed by atoms with Crippen LogP contribution in [-0.2, 0) is 9.59 Å². The van der Waals surface area contributed by atoms with Crippen molar-refractivity contribution < 1.29 is 14.7 Å². The molecule has 1 saturated carbocycles. The van der Waals surface area contributed by atoms with Gasteiger partial charge in [0, 0.05) is 11.8 Å². The molecule has 1 aliphatic carbocycles. The molecule has 4 nitrogen and oxygen atoms in total. The molecule has 0 heterocycles. The molecule has 1 amide bonds. The molecule has 0 aromatic heterocycles. The average Bonchev–Trinajstić information content (AvgIpc) is 2.96. The van der Waals surface area contributed by atoms with Crippen molar-refractivity contribution in [2.24, 2.45) is 11.8 Å². The highest BCUT2D eigenvalue weighted by Gasteiger charge is 2.48. The third-order valence-electron chi connectivity index (χ3n) is 2.65. The fourth-order valence-corrected chi connectivity index (χ4v) is 2.25. The lowest BCUT2D eigenvalue weighted by Crippen LogP contribution is -2.37. The minimum atomic E-state index is -0.854. The van der Waals surface area contributed by atoms with Gasteiger partial charge in [-0.05, 0) is 19.1 Å². The van der Waals surface area contributed by atoms with Crippen LogP contribution in [0.3, 0.4) is 0 Å². The number of carboxylic acid groups (broad SMARTS) is 1. The van der Waals surface area contributed by atoms with Crippen molar-refractivity contribution in [1.82, 2.24) is 5.32 Å². The van der Waals surface area contributed by atoms with Crippen molar-refractivity contribution >= 4 is 23.6 Å². The molecule has 0 spiro atoms. The Hall–Kier alpha value is -0.710. The van der Waals surface area contributed by atoms with E-state index in [4.69, 9.17) is 5.11 Å². The van der Waals surface area contributed by atoms with E-state index in [0.29, 0.717) is 6.42 Å². The quantitative estimate of drug-likeness (QED) is 0.714. The lowest BCUT2D eigenvalue weighted by Gasteiger charge is -2.15. The summed E-state index contributed by atoms with van der Waals surface area (Å²) in [4.78, 5) is 22.2. The van der Waals surface area contributed by atoms with E-state index in [1.165, 1.54) is 0 Å². The van der Waals surface area contributed by atoms with Gasteiger partial charge in [0.05, 0.1) is 11.8 Å². The topological polar surface area (TPSA) is 66.4 Å². The van der Waals surface area contributed by atoms with Gasteiger partial charge in [0.15, 0.2) is 0 Å². The molecule has 1 rings (SSSR count). The van der Waals surface area contributed by atoms with Crippen LogP contribution in [0.25, 0.3) is 0 Å². The van der Waals surface area contributed by atoms with Gasteiger partial charge in [-0.2, -0.15) is 11.8 Å². The summed E-state index contributed by atoms with van der Waals surface area (Å²) in [6.07, 6.45) is 3.37. The van der Waals surface area contributed by atoms with E-state index in [-0.39, 0.29) is 17.9 Å². The number of thioether (sulfide) groups is 1. The van der Waals surface area contributed by atoms with Crippen LogP contribution in [0.4, 0.5) is 0 Å². The van der Waals surface area contributed by atoms with Gasteiger partial charge in [-0.1, -0.05) is 6.92 Å². The standard InChI is InChI=1S/C10H17NO3S/c1-3-6(5-15-2)11-9(12)7-4-8(7)10(13)14/h6-8H,3-5H2,1-2H3,(H,11,12)(H,13,14). The highest BCUT2D eigenvalue weighted by molar-refractivity contribution is 7.98. The predicted molar refractivity (Wildman–Crippen MR) is 59.8 cm³/mol. The minimum Gasteiger partial charge on any atom is -0.481 e. The number of carbonyl (C=O) groups excluding carboxylic acids is 1. The molecule has 86 valence electrons. The van der Waals surface area contributed by atoms with Crippen LogP contribution in [0.15, 0.2) is 0 Å². The first-order valence-corrected chi connectivity index (χ1v) is 6.51. The van der Waals surface area contributed by atoms with Crippen LogP contribution in [0.2, 0.25) is 0 Å². The van der Waals surface area contributed by atoms with E-state index in [0.717, 1.165) is 12.2 Å². The second kappa shape index (κ2) is 5.39. The first-order chi connectivity index (χ1) is 7.10. The maximum absolute atomic E-state index is 11.6. The number of rotatable bonds is 6. The van der Waals surface area contributed by atoms with Crippen LogP contribution >= 0.6 is 11.8 Å². The Bertz CT molecular complexity index is 257. The van der Waals surface area contributed by atoms with E-state index in [9.17, 15) is 9.59 Å². The Morgan fingerprint density at radius 1 is 1.53 bits per heavy atom. The molecule has 15 heavy (non-hydrogen) atoms. The number of hydrogen-bond acceptors (Lipinski definition) is 3. The molecule has 0 saturated heterocycles. The van der Waals surface area contributed by atoms with Crippen molar-refractivity contribution in [3.8, 4) is 0 Å². The number of hydrogen-bond donors (Lipinski definition) is 2. The number of carbonyl (C=O) groups is 2. The smallest absolute Gasteiger partial charge is 0.307 e. The molecule has 0 bridgehead atoms. The van der Waals surface area contributed by atoms with Crippen molar-refractivity contribution in [3.05, 3.63) is 0 Å². The molecule has 0 aromatic carbocycles. The van der Waals surface area contributed by atoms with Gasteiger partial charge < -0.3 is 10.4 Å². The summed E-state index contributed by atoms with van der Waals surface area (Å²) >= 11 is 1.68. The van der Waals surface area contributed by atoms with Gasteiger partial charge in [0.2, 0.25) is 5.91 Å². The van der Waals surface area contributed by atoms with E-state index < -0.39 is 11.9 Å². The van der Waals surface area contributed by atoms with Crippen molar-refractivity contribution in [3.63, 3.8) is 0 Å². The highest BCUT2D eigenvalue weighted by atomic mass is 32.2. The summed E-state index contributed by atoms with van der Waals surface area (Å²) in [7, 11) is 0. The molecule has 0 radical (unpaired) electrons. The Labute approximate surface area is 93.8 Å². The normalized spacial score (nSPS) is 25.7. The maximum atomic E-state index is 11.6. The Morgan fingerprint density at radius 3 is 2.60 bits per heavy atom. The lowest BCUT2D eigenvalue weighted by molar-refractivity contribution is -0.140. The van der Waals surface area contributed by atoms with Gasteiger partial charge in [0.1, 0.15) is 0 Å². The number of carboxylic acids is 1. The third-order valence-corrected chi connectivity index (χ3v) is 3.39. The summed E-state index contributed by atoms with van der Waals surface area (Å²) in [5.41, 5.74) is 0. The van der Waals surface area contributed by atoms with Crippen LogP contribution in [-0.4, -0.2) is 35.0 Å². The molecule has 3 unspecified atom stereocenters. The Morgan fingerprint density at radius 2 is 2.20 bits per heavy atom. The summed E-state index contributed by atoms with van der Waals surface area (Å²) < 4.78 is 0. The lowest BCUT2D eigenvalue weighted by atomic mass is 10.2. The Kier molecular flexibility index (Phi) is 4.45. The molecule has 0 aromatic rings. The van der Waals surface area contributed by atoms with Crippen molar-refractivity contribution in [1.29, 1.82) is 0 Å². The Balaban J connectivity index is 2.33. The van der Waals surface area contributed by atoms with Gasteiger partial charge in [-0.3, -0.25) is 9.59 Å². The molecule has 1 aliphatic rings. The molecule has 2 N–H and O–H groups in total. The largest absolute Gasteiger partial charge is 0.481 e. The number of aliphatic carboxylic acids is 1. The summed E-state index contributed by atoms with van der Waals surface area (Å²) in [5, 5.41) is 11.6. The number of nitrogens with one attached hydrogen (secondary N) is 1.